The van der Waals surface area contributed by atoms with Crippen LogP contribution in [0.25, 0.3) is 22.3 Å². The van der Waals surface area contributed by atoms with E-state index in [9.17, 15) is 9.90 Å². The first-order valence-corrected chi connectivity index (χ1v) is 9.55. The van der Waals surface area contributed by atoms with Crippen molar-refractivity contribution in [3.8, 4) is 17.0 Å². The summed E-state index contributed by atoms with van der Waals surface area (Å²) < 4.78 is 0. The maximum Gasteiger partial charge on any atom is 0.245 e. The number of nitrogens with one attached hydrogen (secondary N) is 1. The lowest BCUT2D eigenvalue weighted by molar-refractivity contribution is -0.124. The monoisotopic (exact) mass is 378 g/mol. The number of H-pyrrole nitrogens is 1. The van der Waals surface area contributed by atoms with Gasteiger partial charge in [-0.3, -0.25) is 4.79 Å². The molecule has 1 saturated heterocycles. The van der Waals surface area contributed by atoms with Crippen molar-refractivity contribution in [1.82, 2.24) is 20.1 Å². The van der Waals surface area contributed by atoms with Crippen LogP contribution in [0, 0.1) is 0 Å². The van der Waals surface area contributed by atoms with Gasteiger partial charge in [0.2, 0.25) is 5.91 Å². The molecule has 6 heteroatoms. The van der Waals surface area contributed by atoms with Gasteiger partial charge in [0.05, 0.1) is 5.69 Å². The van der Waals surface area contributed by atoms with E-state index in [1.165, 1.54) is 11.6 Å². The predicted octanol–water partition coefficient (Wildman–Crippen LogP) is 4.25. The quantitative estimate of drug-likeness (QED) is 0.668. The number of likely N-dealkylation sites (tertiary alicyclic amines) is 1. The van der Waals surface area contributed by atoms with Crippen molar-refractivity contribution in [2.75, 3.05) is 13.1 Å². The molecular weight excluding hydrogens is 352 g/mol. The SMILES string of the molecule is C=CC(=O)N1CCCC1.CC(C)c1c[nH]c2nnc(-c3ccccc3O)cc12. The van der Waals surface area contributed by atoms with Crippen LogP contribution in [0.5, 0.6) is 5.75 Å². The number of hydrogen-bond donors (Lipinski definition) is 2. The molecule has 0 saturated carbocycles. The van der Waals surface area contributed by atoms with Crippen LogP contribution in [0.15, 0.2) is 49.2 Å². The summed E-state index contributed by atoms with van der Waals surface area (Å²) in [6.45, 7) is 9.54. The molecule has 2 aromatic heterocycles. The lowest BCUT2D eigenvalue weighted by Gasteiger charge is -2.10. The topological polar surface area (TPSA) is 82.1 Å². The average molecular weight is 378 g/mol. The minimum atomic E-state index is 0.0764. The molecule has 0 spiro atoms. The van der Waals surface area contributed by atoms with E-state index >= 15 is 0 Å². The van der Waals surface area contributed by atoms with Crippen molar-refractivity contribution in [3.63, 3.8) is 0 Å². The highest BCUT2D eigenvalue weighted by Gasteiger charge is 2.14. The molecule has 0 bridgehead atoms. The van der Waals surface area contributed by atoms with Gasteiger partial charge in [0.25, 0.3) is 0 Å². The molecule has 4 rings (SSSR count). The normalized spacial score (nSPS) is 13.5. The molecule has 6 nitrogen and oxygen atoms in total. The first-order chi connectivity index (χ1) is 13.5. The number of carbonyl (C=O) groups is 1. The van der Waals surface area contributed by atoms with E-state index in [2.05, 4.69) is 35.6 Å². The second-order valence-corrected chi connectivity index (χ2v) is 7.14. The smallest absolute Gasteiger partial charge is 0.245 e. The highest BCUT2D eigenvalue weighted by Crippen LogP contribution is 2.30. The van der Waals surface area contributed by atoms with Gasteiger partial charge in [-0.2, -0.15) is 0 Å². The van der Waals surface area contributed by atoms with Gasteiger partial charge >= 0.3 is 0 Å². The summed E-state index contributed by atoms with van der Waals surface area (Å²) in [4.78, 5) is 15.8. The Labute approximate surface area is 164 Å². The fraction of sp³-hybridized carbons (Fsp3) is 0.318. The van der Waals surface area contributed by atoms with E-state index in [-0.39, 0.29) is 11.7 Å². The Bertz CT molecular complexity index is 972. The van der Waals surface area contributed by atoms with E-state index in [1.807, 2.05) is 29.3 Å². The Kier molecular flexibility index (Phi) is 6.09. The van der Waals surface area contributed by atoms with Crippen LogP contribution in [-0.2, 0) is 4.79 Å². The highest BCUT2D eigenvalue weighted by atomic mass is 16.3. The van der Waals surface area contributed by atoms with Crippen molar-refractivity contribution in [2.24, 2.45) is 0 Å². The maximum absolute atomic E-state index is 10.8. The van der Waals surface area contributed by atoms with Crippen LogP contribution < -0.4 is 0 Å². The van der Waals surface area contributed by atoms with Gasteiger partial charge in [-0.15, -0.1) is 10.2 Å². The molecule has 0 atom stereocenters. The second-order valence-electron chi connectivity index (χ2n) is 7.14. The zero-order chi connectivity index (χ0) is 20.1. The first-order valence-electron chi connectivity index (χ1n) is 9.55. The number of aromatic hydroxyl groups is 1. The summed E-state index contributed by atoms with van der Waals surface area (Å²) in [5, 5.41) is 19.3. The number of rotatable bonds is 3. The summed E-state index contributed by atoms with van der Waals surface area (Å²) >= 11 is 0. The predicted molar refractivity (Wildman–Crippen MR) is 111 cm³/mol. The van der Waals surface area contributed by atoms with Crippen LogP contribution in [-0.4, -0.2) is 44.2 Å². The third-order valence-electron chi connectivity index (χ3n) is 4.86. The third-order valence-corrected chi connectivity index (χ3v) is 4.86. The van der Waals surface area contributed by atoms with Gasteiger partial charge in [0, 0.05) is 30.2 Å². The van der Waals surface area contributed by atoms with Crippen LogP contribution in [0.1, 0.15) is 38.2 Å². The van der Waals surface area contributed by atoms with Crippen LogP contribution >= 0.6 is 0 Å². The van der Waals surface area contributed by atoms with Gasteiger partial charge in [-0.1, -0.05) is 32.6 Å². The van der Waals surface area contributed by atoms with Gasteiger partial charge in [-0.25, -0.2) is 0 Å². The van der Waals surface area contributed by atoms with Crippen molar-refractivity contribution in [3.05, 3.63) is 54.7 Å². The molecule has 0 unspecified atom stereocenters. The van der Waals surface area contributed by atoms with Crippen LogP contribution in [0.3, 0.4) is 0 Å². The number of phenolic OH excluding ortho intramolecular Hbond substituents is 1. The molecule has 146 valence electrons. The van der Waals surface area contributed by atoms with Gasteiger partial charge in [0.15, 0.2) is 5.65 Å². The third kappa shape index (κ3) is 4.22. The molecule has 2 N–H and O–H groups in total. The Morgan fingerprint density at radius 2 is 1.96 bits per heavy atom. The molecule has 1 fully saturated rings. The van der Waals surface area contributed by atoms with Gasteiger partial charge < -0.3 is 15.0 Å². The molecule has 1 aliphatic heterocycles. The number of carbonyl (C=O) groups excluding carboxylic acids is 1. The highest BCUT2D eigenvalue weighted by molar-refractivity contribution is 5.87. The Morgan fingerprint density at radius 1 is 1.25 bits per heavy atom. The number of aromatic nitrogens is 3. The van der Waals surface area contributed by atoms with Crippen molar-refractivity contribution in [1.29, 1.82) is 0 Å². The zero-order valence-electron chi connectivity index (χ0n) is 16.4. The fourth-order valence-electron chi connectivity index (χ4n) is 3.31. The number of nitrogens with zero attached hydrogens (tertiary/aromatic N) is 3. The van der Waals surface area contributed by atoms with E-state index < -0.39 is 0 Å². The van der Waals surface area contributed by atoms with Crippen LogP contribution in [0.2, 0.25) is 0 Å². The molecule has 3 heterocycles. The van der Waals surface area contributed by atoms with Crippen molar-refractivity contribution < 1.29 is 9.90 Å². The lowest BCUT2D eigenvalue weighted by Crippen LogP contribution is -2.25. The molecule has 1 aliphatic rings. The molecule has 1 aromatic carbocycles. The summed E-state index contributed by atoms with van der Waals surface area (Å²) in [5.74, 6) is 0.709. The second kappa shape index (κ2) is 8.69. The molecular formula is C22H26N4O2. The maximum atomic E-state index is 10.8. The van der Waals surface area contributed by atoms with Gasteiger partial charge in [0.1, 0.15) is 5.75 Å². The fourth-order valence-corrected chi connectivity index (χ4v) is 3.31. The first kappa shape index (κ1) is 19.6. The molecule has 1 amide bonds. The summed E-state index contributed by atoms with van der Waals surface area (Å²) in [7, 11) is 0. The number of hydrogen-bond acceptors (Lipinski definition) is 4. The molecule has 28 heavy (non-hydrogen) atoms. The summed E-state index contributed by atoms with van der Waals surface area (Å²) in [6, 6.07) is 9.14. The Balaban J connectivity index is 0.000000211. The van der Waals surface area contributed by atoms with Crippen LogP contribution in [0.4, 0.5) is 0 Å². The minimum absolute atomic E-state index is 0.0764. The summed E-state index contributed by atoms with van der Waals surface area (Å²) in [6.07, 6.45) is 5.66. The minimum Gasteiger partial charge on any atom is -0.507 e. The van der Waals surface area contributed by atoms with Gasteiger partial charge in [-0.05, 0) is 48.6 Å². The van der Waals surface area contributed by atoms with E-state index in [1.54, 1.807) is 12.1 Å². The number of para-hydroxylation sites is 1. The Morgan fingerprint density at radius 3 is 2.61 bits per heavy atom. The van der Waals surface area contributed by atoms with E-state index in [0.29, 0.717) is 17.2 Å². The van der Waals surface area contributed by atoms with E-state index in [0.717, 1.165) is 37.0 Å². The number of amides is 1. The standard InChI is InChI=1S/C15H15N3O.C7H11NO/c1-9(2)12-8-16-15-11(12)7-13(17-18-15)10-5-3-4-6-14(10)19;1-2-7(9)8-5-3-4-6-8/h3-9,19H,1-2H3,(H,16,18);2H,1,3-6H2. The Hall–Kier alpha value is -3.15. The molecule has 3 aromatic rings. The average Bonchev–Trinajstić information content (AvgIpc) is 3.37. The van der Waals surface area contributed by atoms with Crippen molar-refractivity contribution in [2.45, 2.75) is 32.6 Å². The number of phenols is 1. The van der Waals surface area contributed by atoms with Crippen molar-refractivity contribution >= 4 is 16.9 Å². The lowest BCUT2D eigenvalue weighted by atomic mass is 10.0. The largest absolute Gasteiger partial charge is 0.507 e. The zero-order valence-corrected chi connectivity index (χ0v) is 16.4. The number of aromatic amines is 1. The van der Waals surface area contributed by atoms with E-state index in [4.69, 9.17) is 0 Å². The molecule has 0 aliphatic carbocycles. The number of fused-ring (bicyclic) bond motifs is 1. The number of benzene rings is 1. The molecule has 0 radical (unpaired) electrons. The summed E-state index contributed by atoms with van der Waals surface area (Å²) in [5.41, 5.74) is 3.38.